The number of nitrogens with one attached hydrogen (secondary N) is 1. The third-order valence-electron chi connectivity index (χ3n) is 5.76. The molecule has 12 heteroatoms. The largest absolute Gasteiger partial charge is 0.507 e. The van der Waals surface area contributed by atoms with E-state index >= 15 is 0 Å². The third kappa shape index (κ3) is 5.14. The highest BCUT2D eigenvalue weighted by Gasteiger charge is 2.31. The minimum Gasteiger partial charge on any atom is -0.507 e. The Morgan fingerprint density at radius 3 is 2.50 bits per heavy atom. The maximum Gasteiger partial charge on any atom is 0.286 e. The molecule has 0 fully saturated rings. The van der Waals surface area contributed by atoms with Gasteiger partial charge >= 0.3 is 0 Å². The fraction of sp³-hybridized carbons (Fsp3) is 0.333. The molecule has 1 aromatic carbocycles. The number of benzene rings is 1. The predicted molar refractivity (Wildman–Crippen MR) is 135 cm³/mol. The fourth-order valence-electron chi connectivity index (χ4n) is 4.05. The van der Waals surface area contributed by atoms with E-state index in [0.717, 1.165) is 16.9 Å². The van der Waals surface area contributed by atoms with E-state index in [0.29, 0.717) is 23.9 Å². The van der Waals surface area contributed by atoms with E-state index in [1.165, 1.54) is 30.3 Å². The average molecular weight is 536 g/mol. The molecule has 0 amide bonds. The van der Waals surface area contributed by atoms with Gasteiger partial charge in [-0.1, -0.05) is 26.8 Å². The first-order chi connectivity index (χ1) is 16.6. The molecule has 2 N–H and O–H groups in total. The third-order valence-corrected chi connectivity index (χ3v) is 7.93. The predicted octanol–water partition coefficient (Wildman–Crippen LogP) is 3.23. The van der Waals surface area contributed by atoms with Gasteiger partial charge in [-0.25, -0.2) is 12.8 Å². The number of hydrogen-bond donors (Lipinski definition) is 2. The second-order valence-corrected chi connectivity index (χ2v) is 13.8. The molecular formula is C24H26FN3O6S2. The number of aryl methyl sites for hydroxylation is 1. The molecule has 0 atom stereocenters. The van der Waals surface area contributed by atoms with Crippen molar-refractivity contribution in [2.45, 2.75) is 44.3 Å². The number of halogens is 1. The molecule has 3 heterocycles. The van der Waals surface area contributed by atoms with Gasteiger partial charge in [0.05, 0.1) is 17.0 Å². The second-order valence-electron chi connectivity index (χ2n) is 10.1. The van der Waals surface area contributed by atoms with Crippen molar-refractivity contribution in [1.29, 1.82) is 0 Å². The van der Waals surface area contributed by atoms with Gasteiger partial charge < -0.3 is 10.4 Å². The Morgan fingerprint density at radius 2 is 1.86 bits per heavy atom. The van der Waals surface area contributed by atoms with Crippen LogP contribution in [0.5, 0.6) is 5.75 Å². The number of sulfone groups is 1. The Balaban J connectivity index is 1.91. The second kappa shape index (κ2) is 8.70. The standard InChI is InChI=1S/C24H26FN3O6S2/c1-24(2,3)10-9-16-18-8-6-15(25)12-28(18)23(30)20(21(16)29)22-26-17-7-5-14(13-35(4,31)32)11-19(17)36(33,34)27-22/h5-8,11-12,29H,9-10,13H2,1-4H3,(H,26,27). The lowest BCUT2D eigenvalue weighted by atomic mass is 9.88. The highest BCUT2D eigenvalue weighted by Crippen LogP contribution is 2.34. The van der Waals surface area contributed by atoms with Crippen LogP contribution in [-0.2, 0) is 32.0 Å². The smallest absolute Gasteiger partial charge is 0.286 e. The molecule has 0 unspecified atom stereocenters. The van der Waals surface area contributed by atoms with Crippen molar-refractivity contribution in [2.75, 3.05) is 11.6 Å². The lowest BCUT2D eigenvalue weighted by Gasteiger charge is -2.22. The van der Waals surface area contributed by atoms with E-state index in [1.807, 2.05) is 20.8 Å². The van der Waals surface area contributed by atoms with Gasteiger partial charge in [0, 0.05) is 18.0 Å². The molecule has 1 aliphatic heterocycles. The summed E-state index contributed by atoms with van der Waals surface area (Å²) in [4.78, 5) is 13.1. The van der Waals surface area contributed by atoms with Crippen LogP contribution < -0.4 is 10.9 Å². The van der Waals surface area contributed by atoms with Crippen LogP contribution in [0.3, 0.4) is 0 Å². The number of fused-ring (bicyclic) bond motifs is 2. The molecule has 36 heavy (non-hydrogen) atoms. The van der Waals surface area contributed by atoms with Crippen molar-refractivity contribution in [3.63, 3.8) is 0 Å². The first-order valence-corrected chi connectivity index (χ1v) is 14.5. The van der Waals surface area contributed by atoms with E-state index in [-0.39, 0.29) is 27.3 Å². The van der Waals surface area contributed by atoms with Crippen LogP contribution in [0.1, 0.15) is 43.9 Å². The summed E-state index contributed by atoms with van der Waals surface area (Å²) in [5.74, 6) is -1.88. The molecule has 0 aliphatic carbocycles. The molecule has 3 aromatic rings. The summed E-state index contributed by atoms with van der Waals surface area (Å²) in [6, 6.07) is 6.60. The molecule has 0 saturated carbocycles. The molecule has 0 spiro atoms. The summed E-state index contributed by atoms with van der Waals surface area (Å²) in [5.41, 5.74) is -0.388. The molecule has 4 rings (SSSR count). The van der Waals surface area contributed by atoms with Gasteiger partial charge in [-0.2, -0.15) is 8.42 Å². The Bertz CT molecular complexity index is 1700. The summed E-state index contributed by atoms with van der Waals surface area (Å²) < 4.78 is 68.2. The SMILES string of the molecule is CC(C)(C)CCc1c(O)c(C2=NS(=O)(=O)c3cc(CS(C)(=O)=O)ccc3N2)c(=O)n2cc(F)ccc12. The van der Waals surface area contributed by atoms with Crippen molar-refractivity contribution in [1.82, 2.24) is 4.40 Å². The van der Waals surface area contributed by atoms with E-state index in [2.05, 4.69) is 9.71 Å². The fourth-order valence-corrected chi connectivity index (χ4v) is 6.00. The van der Waals surface area contributed by atoms with Crippen LogP contribution in [0, 0.1) is 11.2 Å². The Labute approximate surface area is 208 Å². The van der Waals surface area contributed by atoms with Gasteiger partial charge in [0.2, 0.25) is 0 Å². The lowest BCUT2D eigenvalue weighted by molar-refractivity contribution is 0.374. The number of sulfonamides is 1. The number of amidine groups is 1. The monoisotopic (exact) mass is 535 g/mol. The number of pyridine rings is 2. The normalized spacial score (nSPS) is 15.3. The Morgan fingerprint density at radius 1 is 1.17 bits per heavy atom. The highest BCUT2D eigenvalue weighted by molar-refractivity contribution is 7.90. The number of rotatable bonds is 5. The summed E-state index contributed by atoms with van der Waals surface area (Å²) in [5, 5.41) is 14.0. The van der Waals surface area contributed by atoms with Crippen LogP contribution in [0.25, 0.3) is 5.52 Å². The van der Waals surface area contributed by atoms with Gasteiger partial charge in [0.25, 0.3) is 15.6 Å². The summed E-state index contributed by atoms with van der Waals surface area (Å²) in [6.45, 7) is 6.03. The van der Waals surface area contributed by atoms with Crippen molar-refractivity contribution in [2.24, 2.45) is 9.81 Å². The number of hydrogen-bond acceptors (Lipinski definition) is 7. The topological polar surface area (TPSA) is 134 Å². The molecular weight excluding hydrogens is 509 g/mol. The summed E-state index contributed by atoms with van der Waals surface area (Å²) >= 11 is 0. The van der Waals surface area contributed by atoms with Gasteiger partial charge in [-0.3, -0.25) is 9.20 Å². The molecule has 0 radical (unpaired) electrons. The zero-order valence-corrected chi connectivity index (χ0v) is 21.8. The van der Waals surface area contributed by atoms with E-state index < -0.39 is 48.4 Å². The van der Waals surface area contributed by atoms with Crippen LogP contribution in [0.2, 0.25) is 0 Å². The van der Waals surface area contributed by atoms with Crippen LogP contribution in [0.15, 0.2) is 50.6 Å². The Kier molecular flexibility index (Phi) is 6.24. The lowest BCUT2D eigenvalue weighted by Crippen LogP contribution is -2.31. The summed E-state index contributed by atoms with van der Waals surface area (Å²) in [6.07, 6.45) is 2.97. The molecule has 2 aromatic heterocycles. The number of nitrogens with zero attached hydrogens (tertiary/aromatic N) is 2. The van der Waals surface area contributed by atoms with Crippen molar-refractivity contribution in [3.05, 3.63) is 69.4 Å². The zero-order valence-electron chi connectivity index (χ0n) is 20.2. The van der Waals surface area contributed by atoms with Crippen molar-refractivity contribution < 1.29 is 26.3 Å². The minimum absolute atomic E-state index is 0.0663. The van der Waals surface area contributed by atoms with E-state index in [9.17, 15) is 31.1 Å². The molecule has 0 saturated heterocycles. The molecule has 1 aliphatic rings. The minimum atomic E-state index is -4.36. The first-order valence-electron chi connectivity index (χ1n) is 11.0. The number of anilines is 1. The molecule has 192 valence electrons. The average Bonchev–Trinajstić information content (AvgIpc) is 2.72. The Hall–Kier alpha value is -3.25. The van der Waals surface area contributed by atoms with Gasteiger partial charge in [0.15, 0.2) is 15.7 Å². The van der Waals surface area contributed by atoms with Gasteiger partial charge in [0.1, 0.15) is 22.0 Å². The van der Waals surface area contributed by atoms with E-state index in [1.54, 1.807) is 0 Å². The van der Waals surface area contributed by atoms with Crippen molar-refractivity contribution >= 4 is 36.9 Å². The number of aromatic hydroxyl groups is 1. The zero-order chi connectivity index (χ0) is 26.6. The maximum atomic E-state index is 14.1. The molecule has 9 nitrogen and oxygen atoms in total. The van der Waals surface area contributed by atoms with Crippen LogP contribution in [-0.4, -0.2) is 38.4 Å². The van der Waals surface area contributed by atoms with Crippen LogP contribution in [0.4, 0.5) is 10.1 Å². The van der Waals surface area contributed by atoms with Crippen molar-refractivity contribution in [3.8, 4) is 5.75 Å². The maximum absolute atomic E-state index is 14.1. The highest BCUT2D eigenvalue weighted by atomic mass is 32.2. The quantitative estimate of drug-likeness (QED) is 0.512. The van der Waals surface area contributed by atoms with Gasteiger partial charge in [-0.05, 0) is 48.1 Å². The van der Waals surface area contributed by atoms with Gasteiger partial charge in [-0.15, -0.1) is 4.40 Å². The summed E-state index contributed by atoms with van der Waals surface area (Å²) in [7, 11) is -7.77. The first kappa shape index (κ1) is 25.8. The van der Waals surface area contributed by atoms with E-state index in [4.69, 9.17) is 0 Å². The van der Waals surface area contributed by atoms with Crippen LogP contribution >= 0.6 is 0 Å². The molecule has 0 bridgehead atoms. The number of aromatic nitrogens is 1.